The minimum atomic E-state index is -3.17. The van der Waals surface area contributed by atoms with Crippen LogP contribution in [0.1, 0.15) is 43.6 Å². The van der Waals surface area contributed by atoms with Gasteiger partial charge in [0.25, 0.3) is 5.91 Å². The maximum Gasteiger partial charge on any atom is 0.338 e. The number of nitrogens with one attached hydrogen (secondary N) is 2. The first kappa shape index (κ1) is 21.6. The Hall–Kier alpha value is -2.42. The van der Waals surface area contributed by atoms with E-state index in [2.05, 4.69) is 10.6 Å². The topological polar surface area (TPSA) is 119 Å². The molecule has 0 aromatic heterocycles. The molecule has 144 valence electrons. The maximum atomic E-state index is 12.0. The normalized spacial score (nSPS) is 12.8. The molecule has 2 N–H and O–H groups in total. The van der Waals surface area contributed by atoms with Crippen molar-refractivity contribution in [2.24, 2.45) is 0 Å². The summed E-state index contributed by atoms with van der Waals surface area (Å²) in [4.78, 5) is 35.6. The molecule has 0 saturated heterocycles. The van der Waals surface area contributed by atoms with Gasteiger partial charge >= 0.3 is 12.0 Å². The molecule has 26 heavy (non-hydrogen) atoms. The Bertz CT molecular complexity index is 778. The van der Waals surface area contributed by atoms with Crippen LogP contribution in [0.15, 0.2) is 24.3 Å². The van der Waals surface area contributed by atoms with Gasteiger partial charge in [-0.3, -0.25) is 10.1 Å². The monoisotopic (exact) mass is 384 g/mol. The van der Waals surface area contributed by atoms with Crippen molar-refractivity contribution in [3.63, 3.8) is 0 Å². The summed E-state index contributed by atoms with van der Waals surface area (Å²) in [7, 11) is -3.17. The summed E-state index contributed by atoms with van der Waals surface area (Å²) < 4.78 is 27.5. The number of carbonyl (C=O) groups is 3. The molecule has 0 fully saturated rings. The molecule has 0 aliphatic heterocycles. The molecule has 0 aliphatic carbocycles. The summed E-state index contributed by atoms with van der Waals surface area (Å²) >= 11 is 0. The number of hydrogen-bond acceptors (Lipinski definition) is 6. The van der Waals surface area contributed by atoms with E-state index < -0.39 is 39.4 Å². The zero-order valence-corrected chi connectivity index (χ0v) is 16.3. The lowest BCUT2D eigenvalue weighted by Gasteiger charge is -2.21. The highest BCUT2D eigenvalue weighted by atomic mass is 32.2. The van der Waals surface area contributed by atoms with Crippen molar-refractivity contribution in [2.45, 2.75) is 45.1 Å². The van der Waals surface area contributed by atoms with Crippen LogP contribution < -0.4 is 10.6 Å². The van der Waals surface area contributed by atoms with Crippen LogP contribution in [0.25, 0.3) is 0 Å². The van der Waals surface area contributed by atoms with Gasteiger partial charge in [-0.1, -0.05) is 12.1 Å². The molecular formula is C17H24N2O6S. The Morgan fingerprint density at radius 3 is 2.12 bits per heavy atom. The fourth-order valence-electron chi connectivity index (χ4n) is 1.91. The van der Waals surface area contributed by atoms with Gasteiger partial charge in [0.2, 0.25) is 0 Å². The Morgan fingerprint density at radius 2 is 1.65 bits per heavy atom. The number of ether oxygens (including phenoxy) is 1. The largest absolute Gasteiger partial charge is 0.449 e. The number of imide groups is 1. The lowest BCUT2D eigenvalue weighted by Crippen LogP contribution is -2.50. The third-order valence-corrected chi connectivity index (χ3v) is 3.85. The quantitative estimate of drug-likeness (QED) is 0.741. The minimum Gasteiger partial charge on any atom is -0.449 e. The van der Waals surface area contributed by atoms with E-state index in [4.69, 9.17) is 4.74 Å². The number of rotatable bonds is 5. The first-order valence-electron chi connectivity index (χ1n) is 7.87. The Kier molecular flexibility index (Phi) is 6.91. The molecule has 0 spiro atoms. The van der Waals surface area contributed by atoms with E-state index in [0.29, 0.717) is 5.56 Å². The maximum absolute atomic E-state index is 12.0. The van der Waals surface area contributed by atoms with Gasteiger partial charge < -0.3 is 10.1 Å². The predicted molar refractivity (Wildman–Crippen MR) is 96.3 cm³/mol. The fraction of sp³-hybridized carbons (Fsp3) is 0.471. The van der Waals surface area contributed by atoms with Gasteiger partial charge in [0.1, 0.15) is 0 Å². The summed E-state index contributed by atoms with van der Waals surface area (Å²) in [6, 6.07) is 5.15. The molecule has 9 heteroatoms. The average Bonchev–Trinajstić information content (AvgIpc) is 2.43. The van der Waals surface area contributed by atoms with Crippen LogP contribution in [0, 0.1) is 0 Å². The zero-order chi connectivity index (χ0) is 20.1. The Morgan fingerprint density at radius 1 is 1.12 bits per heavy atom. The van der Waals surface area contributed by atoms with E-state index in [1.54, 1.807) is 20.8 Å². The van der Waals surface area contributed by atoms with Crippen LogP contribution in [0.3, 0.4) is 0 Å². The van der Waals surface area contributed by atoms with Crippen molar-refractivity contribution in [1.82, 2.24) is 10.6 Å². The molecule has 0 bridgehead atoms. The van der Waals surface area contributed by atoms with E-state index in [-0.39, 0.29) is 11.3 Å². The molecule has 8 nitrogen and oxygen atoms in total. The molecule has 1 atom stereocenters. The lowest BCUT2D eigenvalue weighted by molar-refractivity contribution is -0.127. The third kappa shape index (κ3) is 8.11. The number of sulfone groups is 1. The number of amides is 3. The number of urea groups is 1. The highest BCUT2D eigenvalue weighted by Gasteiger charge is 2.22. The smallest absolute Gasteiger partial charge is 0.338 e. The summed E-state index contributed by atoms with van der Waals surface area (Å²) in [5.74, 6) is -1.65. The highest BCUT2D eigenvalue weighted by molar-refractivity contribution is 7.89. The molecule has 0 unspecified atom stereocenters. The lowest BCUT2D eigenvalue weighted by atomic mass is 10.1. The first-order chi connectivity index (χ1) is 11.8. The summed E-state index contributed by atoms with van der Waals surface area (Å²) in [6.07, 6.45) is -0.0606. The molecule has 0 aliphatic rings. The minimum absolute atomic E-state index is 0.135. The zero-order valence-electron chi connectivity index (χ0n) is 15.5. The van der Waals surface area contributed by atoms with Gasteiger partial charge in [-0.2, -0.15) is 0 Å². The van der Waals surface area contributed by atoms with Crippen molar-refractivity contribution in [1.29, 1.82) is 0 Å². The van der Waals surface area contributed by atoms with Gasteiger partial charge in [-0.05, 0) is 45.4 Å². The predicted octanol–water partition coefficient (Wildman–Crippen LogP) is 1.40. The SMILES string of the molecule is C[C@@H](OC(=O)c1ccc(CS(C)(=O)=O)cc1)C(=O)NC(=O)NC(C)(C)C. The third-order valence-electron chi connectivity index (χ3n) is 3.00. The highest BCUT2D eigenvalue weighted by Crippen LogP contribution is 2.10. The van der Waals surface area contributed by atoms with Crippen molar-refractivity contribution in [3.05, 3.63) is 35.4 Å². The molecule has 0 heterocycles. The molecule has 1 rings (SSSR count). The van der Waals surface area contributed by atoms with Gasteiger partial charge in [0.15, 0.2) is 15.9 Å². The van der Waals surface area contributed by atoms with Gasteiger partial charge in [-0.15, -0.1) is 0 Å². The van der Waals surface area contributed by atoms with Crippen LogP contribution in [-0.4, -0.2) is 44.2 Å². The second-order valence-corrected chi connectivity index (χ2v) is 9.15. The van der Waals surface area contributed by atoms with Crippen LogP contribution in [0.2, 0.25) is 0 Å². The molecule has 1 aromatic rings. The number of hydrogen-bond donors (Lipinski definition) is 2. The van der Waals surface area contributed by atoms with Crippen molar-refractivity contribution < 1.29 is 27.5 Å². The van der Waals surface area contributed by atoms with Crippen LogP contribution in [0.4, 0.5) is 4.79 Å². The van der Waals surface area contributed by atoms with Crippen LogP contribution >= 0.6 is 0 Å². The van der Waals surface area contributed by atoms with Crippen molar-refractivity contribution in [2.75, 3.05) is 6.26 Å². The van der Waals surface area contributed by atoms with Crippen molar-refractivity contribution >= 4 is 27.7 Å². The molecular weight excluding hydrogens is 360 g/mol. The standard InChI is InChI=1S/C17H24N2O6S/c1-11(14(20)18-16(22)19-17(2,3)4)25-15(21)13-8-6-12(7-9-13)10-26(5,23)24/h6-9,11H,10H2,1-5H3,(H2,18,19,20,22)/t11-/m1/s1. The number of esters is 1. The van der Waals surface area contributed by atoms with Gasteiger partial charge in [0, 0.05) is 11.8 Å². The fourth-order valence-corrected chi connectivity index (χ4v) is 2.71. The molecule has 3 amide bonds. The van der Waals surface area contributed by atoms with E-state index in [1.807, 2.05) is 0 Å². The molecule has 1 aromatic carbocycles. The second-order valence-electron chi connectivity index (χ2n) is 7.01. The van der Waals surface area contributed by atoms with E-state index >= 15 is 0 Å². The Labute approximate surface area is 153 Å². The number of benzene rings is 1. The van der Waals surface area contributed by atoms with E-state index in [9.17, 15) is 22.8 Å². The van der Waals surface area contributed by atoms with Crippen molar-refractivity contribution in [3.8, 4) is 0 Å². The summed E-state index contributed by atoms with van der Waals surface area (Å²) in [5, 5.41) is 4.65. The van der Waals surface area contributed by atoms with E-state index in [0.717, 1.165) is 6.26 Å². The Balaban J connectivity index is 2.63. The second kappa shape index (κ2) is 8.31. The molecule has 0 radical (unpaired) electrons. The van der Waals surface area contributed by atoms with E-state index in [1.165, 1.54) is 31.2 Å². The van der Waals surface area contributed by atoms with Gasteiger partial charge in [-0.25, -0.2) is 18.0 Å². The van der Waals surface area contributed by atoms with Crippen LogP contribution in [0.5, 0.6) is 0 Å². The summed E-state index contributed by atoms with van der Waals surface area (Å²) in [5.41, 5.74) is 0.188. The van der Waals surface area contributed by atoms with Gasteiger partial charge in [0.05, 0.1) is 11.3 Å². The number of carbonyl (C=O) groups excluding carboxylic acids is 3. The summed E-state index contributed by atoms with van der Waals surface area (Å²) in [6.45, 7) is 6.62. The van der Waals surface area contributed by atoms with Crippen LogP contribution in [-0.2, 0) is 25.1 Å². The first-order valence-corrected chi connectivity index (χ1v) is 9.93. The molecule has 0 saturated carbocycles. The average molecular weight is 384 g/mol.